The van der Waals surface area contributed by atoms with Gasteiger partial charge in [0.2, 0.25) is 0 Å². The molecule has 31 heavy (non-hydrogen) atoms. The lowest BCUT2D eigenvalue weighted by molar-refractivity contribution is 0.0996. The fourth-order valence-electron chi connectivity index (χ4n) is 3.73. The number of benzene rings is 3. The van der Waals surface area contributed by atoms with Gasteiger partial charge in [0.25, 0.3) is 5.91 Å². The van der Waals surface area contributed by atoms with Crippen molar-refractivity contribution in [2.75, 3.05) is 38.8 Å². The van der Waals surface area contributed by atoms with Crippen LogP contribution in [0.4, 0.5) is 5.69 Å². The molecule has 4 rings (SSSR count). The lowest BCUT2D eigenvalue weighted by Crippen LogP contribution is -2.24. The standard InChI is InChI=1S/C26H28N2O3/c1-4-27(2)14-15-31-24-13-12-22(17-25(24)30-3)28-18-21-11-10-20(16-23(21)26(28)29)19-8-6-5-7-9-19/h5-13,16-17H,4,14-15,18H2,1-3H3. The first-order valence-electron chi connectivity index (χ1n) is 10.6. The maximum Gasteiger partial charge on any atom is 0.258 e. The third kappa shape index (κ3) is 4.42. The minimum Gasteiger partial charge on any atom is -0.493 e. The largest absolute Gasteiger partial charge is 0.493 e. The van der Waals surface area contributed by atoms with Crippen LogP contribution in [0.15, 0.2) is 66.7 Å². The van der Waals surface area contributed by atoms with E-state index in [1.54, 1.807) is 12.0 Å². The summed E-state index contributed by atoms with van der Waals surface area (Å²) in [5.74, 6) is 1.32. The molecule has 1 amide bonds. The Balaban J connectivity index is 1.53. The highest BCUT2D eigenvalue weighted by Crippen LogP contribution is 2.36. The van der Waals surface area contributed by atoms with Gasteiger partial charge in [-0.15, -0.1) is 0 Å². The minimum atomic E-state index is 0.00748. The van der Waals surface area contributed by atoms with Gasteiger partial charge in [0.05, 0.1) is 13.7 Å². The molecule has 0 N–H and O–H groups in total. The highest BCUT2D eigenvalue weighted by atomic mass is 16.5. The molecule has 0 saturated heterocycles. The van der Waals surface area contributed by atoms with Crippen LogP contribution in [0.5, 0.6) is 11.5 Å². The van der Waals surface area contributed by atoms with Crippen LogP contribution >= 0.6 is 0 Å². The van der Waals surface area contributed by atoms with Crippen LogP contribution < -0.4 is 14.4 Å². The fraction of sp³-hybridized carbons (Fsp3) is 0.269. The number of rotatable bonds is 8. The Hall–Kier alpha value is -3.31. The predicted octanol–water partition coefficient (Wildman–Crippen LogP) is 4.85. The van der Waals surface area contributed by atoms with Gasteiger partial charge in [0.15, 0.2) is 11.5 Å². The summed E-state index contributed by atoms with van der Waals surface area (Å²) in [6.07, 6.45) is 0. The Bertz CT molecular complexity index is 1070. The van der Waals surface area contributed by atoms with Crippen molar-refractivity contribution in [3.05, 3.63) is 77.9 Å². The van der Waals surface area contributed by atoms with E-state index >= 15 is 0 Å². The quantitative estimate of drug-likeness (QED) is 0.526. The average Bonchev–Trinajstić information content (AvgIpc) is 3.15. The summed E-state index contributed by atoms with van der Waals surface area (Å²) in [5, 5.41) is 0. The van der Waals surface area contributed by atoms with Crippen LogP contribution in [0.2, 0.25) is 0 Å². The van der Waals surface area contributed by atoms with Crippen LogP contribution in [-0.4, -0.2) is 44.7 Å². The number of carbonyl (C=O) groups is 1. The summed E-state index contributed by atoms with van der Waals surface area (Å²) in [6.45, 7) is 5.06. The van der Waals surface area contributed by atoms with Gasteiger partial charge < -0.3 is 19.3 Å². The van der Waals surface area contributed by atoms with Crippen molar-refractivity contribution in [2.24, 2.45) is 0 Å². The van der Waals surface area contributed by atoms with E-state index in [1.807, 2.05) is 42.5 Å². The number of ether oxygens (including phenoxy) is 2. The summed E-state index contributed by atoms with van der Waals surface area (Å²) in [6, 6.07) is 21.9. The van der Waals surface area contributed by atoms with Gasteiger partial charge in [0, 0.05) is 23.9 Å². The van der Waals surface area contributed by atoms with Gasteiger partial charge >= 0.3 is 0 Å². The summed E-state index contributed by atoms with van der Waals surface area (Å²) in [7, 11) is 3.68. The van der Waals surface area contributed by atoms with E-state index in [1.165, 1.54) is 0 Å². The van der Waals surface area contributed by atoms with Gasteiger partial charge in [-0.05, 0) is 48.5 Å². The van der Waals surface area contributed by atoms with E-state index in [-0.39, 0.29) is 5.91 Å². The Labute approximate surface area is 183 Å². The van der Waals surface area contributed by atoms with Crippen LogP contribution in [0.1, 0.15) is 22.8 Å². The summed E-state index contributed by atoms with van der Waals surface area (Å²) in [5.41, 5.74) is 4.74. The molecular weight excluding hydrogens is 388 g/mol. The second-order valence-electron chi connectivity index (χ2n) is 7.71. The number of carbonyl (C=O) groups excluding carboxylic acids is 1. The van der Waals surface area contributed by atoms with Crippen LogP contribution in [0.25, 0.3) is 11.1 Å². The number of amides is 1. The zero-order chi connectivity index (χ0) is 21.8. The van der Waals surface area contributed by atoms with E-state index < -0.39 is 0 Å². The first kappa shape index (κ1) is 20.9. The molecule has 0 saturated carbocycles. The summed E-state index contributed by atoms with van der Waals surface area (Å²) in [4.78, 5) is 17.2. The van der Waals surface area contributed by atoms with Crippen LogP contribution in [0.3, 0.4) is 0 Å². The molecule has 1 aliphatic rings. The van der Waals surface area contributed by atoms with E-state index in [2.05, 4.69) is 43.1 Å². The van der Waals surface area contributed by atoms with Crippen molar-refractivity contribution < 1.29 is 14.3 Å². The topological polar surface area (TPSA) is 42.0 Å². The first-order chi connectivity index (χ1) is 15.1. The number of anilines is 1. The second kappa shape index (κ2) is 9.23. The zero-order valence-electron chi connectivity index (χ0n) is 18.3. The molecule has 5 nitrogen and oxygen atoms in total. The predicted molar refractivity (Wildman–Crippen MR) is 124 cm³/mol. The van der Waals surface area contributed by atoms with Crippen molar-refractivity contribution in [3.63, 3.8) is 0 Å². The molecule has 0 bridgehead atoms. The molecule has 1 aliphatic heterocycles. The van der Waals surface area contributed by atoms with Crippen LogP contribution in [0, 0.1) is 0 Å². The summed E-state index contributed by atoms with van der Waals surface area (Å²) >= 11 is 0. The van der Waals surface area contributed by atoms with Crippen molar-refractivity contribution in [2.45, 2.75) is 13.5 Å². The molecule has 0 aromatic heterocycles. The third-order valence-corrected chi connectivity index (χ3v) is 5.75. The molecule has 0 aliphatic carbocycles. The average molecular weight is 417 g/mol. The maximum absolute atomic E-state index is 13.2. The van der Waals surface area contributed by atoms with E-state index in [0.29, 0.717) is 24.7 Å². The molecular formula is C26H28N2O3. The highest BCUT2D eigenvalue weighted by molar-refractivity contribution is 6.10. The van der Waals surface area contributed by atoms with Gasteiger partial charge in [-0.2, -0.15) is 0 Å². The van der Waals surface area contributed by atoms with Crippen molar-refractivity contribution in [3.8, 4) is 22.6 Å². The van der Waals surface area contributed by atoms with Gasteiger partial charge in [-0.25, -0.2) is 0 Å². The van der Waals surface area contributed by atoms with Gasteiger partial charge in [-0.1, -0.05) is 49.4 Å². The van der Waals surface area contributed by atoms with E-state index in [9.17, 15) is 4.79 Å². The number of hydrogen-bond acceptors (Lipinski definition) is 4. The van der Waals surface area contributed by atoms with Crippen molar-refractivity contribution >= 4 is 11.6 Å². The molecule has 1 heterocycles. The molecule has 0 unspecified atom stereocenters. The second-order valence-corrected chi connectivity index (χ2v) is 7.71. The number of nitrogens with zero attached hydrogens (tertiary/aromatic N) is 2. The van der Waals surface area contributed by atoms with Crippen molar-refractivity contribution in [1.29, 1.82) is 0 Å². The Kier molecular flexibility index (Phi) is 6.23. The Morgan fingerprint density at radius 3 is 2.52 bits per heavy atom. The Morgan fingerprint density at radius 2 is 1.77 bits per heavy atom. The molecule has 0 spiro atoms. The number of hydrogen-bond donors (Lipinski definition) is 0. The third-order valence-electron chi connectivity index (χ3n) is 5.75. The lowest BCUT2D eigenvalue weighted by Gasteiger charge is -2.19. The number of likely N-dealkylation sites (N-methyl/N-ethyl adjacent to an activating group) is 1. The molecule has 0 radical (unpaired) electrons. The van der Waals surface area contributed by atoms with Crippen molar-refractivity contribution in [1.82, 2.24) is 4.90 Å². The fourth-order valence-corrected chi connectivity index (χ4v) is 3.73. The number of fused-ring (bicyclic) bond motifs is 1. The Morgan fingerprint density at radius 1 is 0.968 bits per heavy atom. The zero-order valence-corrected chi connectivity index (χ0v) is 18.3. The van der Waals surface area contributed by atoms with Gasteiger partial charge in [-0.3, -0.25) is 4.79 Å². The smallest absolute Gasteiger partial charge is 0.258 e. The molecule has 0 fully saturated rings. The molecule has 5 heteroatoms. The van der Waals surface area contributed by atoms with E-state index in [0.717, 1.165) is 41.0 Å². The SMILES string of the molecule is CCN(C)CCOc1ccc(N2Cc3ccc(-c4ccccc4)cc3C2=O)cc1OC. The first-order valence-corrected chi connectivity index (χ1v) is 10.6. The maximum atomic E-state index is 13.2. The normalized spacial score (nSPS) is 12.9. The van der Waals surface area contributed by atoms with Crippen LogP contribution in [-0.2, 0) is 6.54 Å². The molecule has 160 valence electrons. The highest BCUT2D eigenvalue weighted by Gasteiger charge is 2.29. The molecule has 3 aromatic carbocycles. The monoisotopic (exact) mass is 416 g/mol. The number of methoxy groups -OCH3 is 1. The molecule has 3 aromatic rings. The lowest BCUT2D eigenvalue weighted by atomic mass is 10.0. The minimum absolute atomic E-state index is 0.00748. The van der Waals surface area contributed by atoms with E-state index in [4.69, 9.17) is 9.47 Å². The van der Waals surface area contributed by atoms with Gasteiger partial charge in [0.1, 0.15) is 6.61 Å². The molecule has 0 atom stereocenters. The summed E-state index contributed by atoms with van der Waals surface area (Å²) < 4.78 is 11.4.